The number of benzene rings is 1. The number of hydrogen-bond donors (Lipinski definition) is 0. The number of methoxy groups -OCH3 is 2. The molecule has 2 aromatic rings. The Labute approximate surface area is 168 Å². The summed E-state index contributed by atoms with van der Waals surface area (Å²) >= 11 is 0. The number of aryl methyl sites for hydroxylation is 1. The van der Waals surface area contributed by atoms with Crippen LogP contribution in [0, 0.1) is 6.92 Å². The number of hydrogen-bond acceptors (Lipinski definition) is 6. The molecule has 0 N–H and O–H groups in total. The number of likely N-dealkylation sites (tertiary alicyclic amines) is 1. The fraction of sp³-hybridized carbons (Fsp3) is 0.524. The summed E-state index contributed by atoms with van der Waals surface area (Å²) < 4.78 is 22.9. The van der Waals surface area contributed by atoms with Crippen LogP contribution in [0.3, 0.4) is 0 Å². The minimum Gasteiger partial charge on any atom is -0.493 e. The maximum absolute atomic E-state index is 13.5. The molecule has 0 bridgehead atoms. The predicted molar refractivity (Wildman–Crippen MR) is 103 cm³/mol. The number of furan rings is 1. The van der Waals surface area contributed by atoms with E-state index in [1.165, 1.54) is 0 Å². The zero-order valence-corrected chi connectivity index (χ0v) is 16.8. The molecule has 4 heterocycles. The van der Waals surface area contributed by atoms with Gasteiger partial charge in [0.25, 0.3) is 5.91 Å². The van der Waals surface area contributed by atoms with Gasteiger partial charge in [-0.25, -0.2) is 0 Å². The predicted octanol–water partition coefficient (Wildman–Crippen LogP) is 2.32. The Kier molecular flexibility index (Phi) is 4.03. The van der Waals surface area contributed by atoms with E-state index in [1.54, 1.807) is 25.2 Å². The Bertz CT molecular complexity index is 1010. The number of fused-ring (bicyclic) bond motifs is 1. The fourth-order valence-electron chi connectivity index (χ4n) is 5.12. The molecule has 0 aliphatic carbocycles. The van der Waals surface area contributed by atoms with Crippen molar-refractivity contribution in [2.75, 3.05) is 33.9 Å². The fourth-order valence-corrected chi connectivity index (χ4v) is 5.12. The smallest absolute Gasteiger partial charge is 0.290 e. The number of carbonyl (C=O) groups excluding carboxylic acids is 2. The van der Waals surface area contributed by atoms with Gasteiger partial charge in [0, 0.05) is 30.5 Å². The van der Waals surface area contributed by atoms with Gasteiger partial charge in [-0.05, 0) is 25.5 Å². The molecule has 0 saturated carbocycles. The van der Waals surface area contributed by atoms with Crippen molar-refractivity contribution in [3.8, 4) is 11.5 Å². The van der Waals surface area contributed by atoms with Gasteiger partial charge in [-0.15, -0.1) is 0 Å². The molecule has 2 amide bonds. The molecule has 0 radical (unpaired) electrons. The van der Waals surface area contributed by atoms with Gasteiger partial charge in [0.15, 0.2) is 22.8 Å². The second-order valence-electron chi connectivity index (χ2n) is 7.79. The van der Waals surface area contributed by atoms with Crippen molar-refractivity contribution in [2.24, 2.45) is 0 Å². The summed E-state index contributed by atoms with van der Waals surface area (Å²) in [5.41, 5.74) is 0.559. The molecule has 3 fully saturated rings. The Hall–Kier alpha value is -2.74. The second kappa shape index (κ2) is 6.38. The maximum atomic E-state index is 13.5. The van der Waals surface area contributed by atoms with Gasteiger partial charge in [-0.1, -0.05) is 0 Å². The molecule has 154 valence electrons. The molecule has 8 heteroatoms. The lowest BCUT2D eigenvalue weighted by molar-refractivity contribution is -0.179. The van der Waals surface area contributed by atoms with Crippen LogP contribution in [0.2, 0.25) is 0 Å². The number of rotatable bonds is 3. The van der Waals surface area contributed by atoms with E-state index >= 15 is 0 Å². The van der Waals surface area contributed by atoms with Crippen LogP contribution >= 0.6 is 0 Å². The standard InChI is InChI=1S/C21H24N2O6/c1-12-13-5-6-14(26-2)19(27-3)18(13)29-17(12)20(25)22-9-7-21-15(22)11-16(24)23(21)8-4-10-28-21/h5-6,15H,4,7-11H2,1-3H3/t15-,21+/m1/s1. The number of ether oxygens (including phenoxy) is 3. The molecule has 3 saturated heterocycles. The first-order chi connectivity index (χ1) is 14.0. The van der Waals surface area contributed by atoms with Crippen LogP contribution < -0.4 is 9.47 Å². The average Bonchev–Trinajstić information content (AvgIpc) is 3.34. The molecule has 1 aromatic heterocycles. The Balaban J connectivity index is 1.54. The molecular formula is C21H24N2O6. The summed E-state index contributed by atoms with van der Waals surface area (Å²) in [6.07, 6.45) is 1.76. The molecule has 29 heavy (non-hydrogen) atoms. The van der Waals surface area contributed by atoms with E-state index in [4.69, 9.17) is 18.6 Å². The summed E-state index contributed by atoms with van der Waals surface area (Å²) in [6, 6.07) is 3.38. The van der Waals surface area contributed by atoms with Gasteiger partial charge in [0.2, 0.25) is 11.7 Å². The van der Waals surface area contributed by atoms with Crippen molar-refractivity contribution in [2.45, 2.75) is 38.0 Å². The highest BCUT2D eigenvalue weighted by atomic mass is 16.5. The van der Waals surface area contributed by atoms with Crippen LogP contribution in [-0.2, 0) is 9.53 Å². The van der Waals surface area contributed by atoms with Crippen LogP contribution in [0.4, 0.5) is 0 Å². The summed E-state index contributed by atoms with van der Waals surface area (Å²) in [7, 11) is 3.10. The van der Waals surface area contributed by atoms with Crippen molar-refractivity contribution < 1.29 is 28.2 Å². The molecule has 5 rings (SSSR count). The molecule has 1 aromatic carbocycles. The summed E-state index contributed by atoms with van der Waals surface area (Å²) in [4.78, 5) is 29.6. The lowest BCUT2D eigenvalue weighted by Gasteiger charge is -2.42. The van der Waals surface area contributed by atoms with E-state index in [1.807, 2.05) is 17.9 Å². The third-order valence-corrected chi connectivity index (χ3v) is 6.52. The topological polar surface area (TPSA) is 81.5 Å². The first kappa shape index (κ1) is 18.3. The SMILES string of the molecule is COc1ccc2c(C)c(C(=O)N3CC[C@@]45OCCCN4C(=O)C[C@@H]35)oc2c1OC. The van der Waals surface area contributed by atoms with Crippen molar-refractivity contribution in [1.29, 1.82) is 0 Å². The van der Waals surface area contributed by atoms with E-state index < -0.39 is 5.72 Å². The maximum Gasteiger partial charge on any atom is 0.290 e. The zero-order chi connectivity index (χ0) is 20.3. The van der Waals surface area contributed by atoms with Crippen LogP contribution in [0.15, 0.2) is 16.5 Å². The first-order valence-corrected chi connectivity index (χ1v) is 9.91. The highest BCUT2D eigenvalue weighted by molar-refractivity contribution is 6.01. The van der Waals surface area contributed by atoms with Crippen molar-refractivity contribution in [3.63, 3.8) is 0 Å². The van der Waals surface area contributed by atoms with Crippen LogP contribution in [0.25, 0.3) is 11.0 Å². The molecular weight excluding hydrogens is 376 g/mol. The van der Waals surface area contributed by atoms with Crippen LogP contribution in [0.1, 0.15) is 35.4 Å². The molecule has 0 unspecified atom stereocenters. The Morgan fingerprint density at radius 3 is 2.83 bits per heavy atom. The van der Waals surface area contributed by atoms with E-state index in [0.717, 1.165) is 17.4 Å². The highest BCUT2D eigenvalue weighted by Crippen LogP contribution is 2.46. The molecule has 2 atom stereocenters. The average molecular weight is 400 g/mol. The third kappa shape index (κ3) is 2.35. The van der Waals surface area contributed by atoms with Gasteiger partial charge in [-0.3, -0.25) is 9.59 Å². The van der Waals surface area contributed by atoms with Gasteiger partial charge >= 0.3 is 0 Å². The normalized spacial score (nSPS) is 26.0. The summed E-state index contributed by atoms with van der Waals surface area (Å²) in [5.74, 6) is 1.11. The van der Waals surface area contributed by atoms with Gasteiger partial charge in [-0.2, -0.15) is 0 Å². The Morgan fingerprint density at radius 1 is 1.24 bits per heavy atom. The zero-order valence-electron chi connectivity index (χ0n) is 16.8. The molecule has 3 aliphatic heterocycles. The lowest BCUT2D eigenvalue weighted by Crippen LogP contribution is -2.56. The van der Waals surface area contributed by atoms with E-state index in [0.29, 0.717) is 49.6 Å². The van der Waals surface area contributed by atoms with E-state index in [-0.39, 0.29) is 23.6 Å². The number of amides is 2. The van der Waals surface area contributed by atoms with Gasteiger partial charge in [0.05, 0.1) is 33.3 Å². The largest absolute Gasteiger partial charge is 0.493 e. The monoisotopic (exact) mass is 400 g/mol. The molecule has 1 spiro atoms. The first-order valence-electron chi connectivity index (χ1n) is 9.91. The quantitative estimate of drug-likeness (QED) is 0.787. The van der Waals surface area contributed by atoms with Crippen molar-refractivity contribution in [1.82, 2.24) is 9.80 Å². The van der Waals surface area contributed by atoms with E-state index in [2.05, 4.69) is 0 Å². The Morgan fingerprint density at radius 2 is 2.07 bits per heavy atom. The molecule has 3 aliphatic rings. The second-order valence-corrected chi connectivity index (χ2v) is 7.79. The van der Waals surface area contributed by atoms with E-state index in [9.17, 15) is 9.59 Å². The van der Waals surface area contributed by atoms with Crippen molar-refractivity contribution >= 4 is 22.8 Å². The molecule has 8 nitrogen and oxygen atoms in total. The summed E-state index contributed by atoms with van der Waals surface area (Å²) in [5, 5.41) is 0.804. The van der Waals surface area contributed by atoms with Crippen LogP contribution in [0.5, 0.6) is 11.5 Å². The van der Waals surface area contributed by atoms with Gasteiger partial charge < -0.3 is 28.4 Å². The number of nitrogens with zero attached hydrogens (tertiary/aromatic N) is 2. The minimum atomic E-state index is -0.675. The number of carbonyl (C=O) groups is 2. The third-order valence-electron chi connectivity index (χ3n) is 6.52. The highest BCUT2D eigenvalue weighted by Gasteiger charge is 2.61. The summed E-state index contributed by atoms with van der Waals surface area (Å²) in [6.45, 7) is 3.70. The van der Waals surface area contributed by atoms with Gasteiger partial charge in [0.1, 0.15) is 0 Å². The minimum absolute atomic E-state index is 0.0555. The van der Waals surface area contributed by atoms with Crippen LogP contribution in [-0.4, -0.2) is 67.3 Å². The lowest BCUT2D eigenvalue weighted by atomic mass is 10.0. The van der Waals surface area contributed by atoms with Crippen molar-refractivity contribution in [3.05, 3.63) is 23.5 Å².